The number of para-hydroxylation sites is 1. The Balaban J connectivity index is 1.85. The Bertz CT molecular complexity index is 860. The number of nitrogens with zero attached hydrogens (tertiary/aromatic N) is 3. The summed E-state index contributed by atoms with van der Waals surface area (Å²) in [6.45, 7) is -0.428. The van der Waals surface area contributed by atoms with Crippen molar-refractivity contribution in [1.82, 2.24) is 10.3 Å². The fourth-order valence-corrected chi connectivity index (χ4v) is 3.28. The van der Waals surface area contributed by atoms with Gasteiger partial charge in [0.1, 0.15) is 12.6 Å². The molecule has 0 bridgehead atoms. The van der Waals surface area contributed by atoms with Gasteiger partial charge in [0.25, 0.3) is 0 Å². The number of anilines is 1. The van der Waals surface area contributed by atoms with Crippen LogP contribution in [0.1, 0.15) is 18.4 Å². The van der Waals surface area contributed by atoms with Gasteiger partial charge in [0.15, 0.2) is 0 Å². The minimum atomic E-state index is -4.43. The van der Waals surface area contributed by atoms with Gasteiger partial charge in [-0.25, -0.2) is 0 Å². The summed E-state index contributed by atoms with van der Waals surface area (Å²) < 4.78 is 37.0. The van der Waals surface area contributed by atoms with Crippen molar-refractivity contribution in [3.8, 4) is 6.07 Å². The normalized spacial score (nSPS) is 17.8. The highest BCUT2D eigenvalue weighted by atomic mass is 19.4. The predicted molar refractivity (Wildman–Crippen MR) is 90.5 cm³/mol. The van der Waals surface area contributed by atoms with Crippen LogP contribution >= 0.6 is 0 Å². The van der Waals surface area contributed by atoms with Crippen LogP contribution in [0.25, 0.3) is 10.9 Å². The first-order chi connectivity index (χ1) is 12.4. The molecule has 2 aromatic rings. The summed E-state index contributed by atoms with van der Waals surface area (Å²) in [5, 5.41) is 12.2. The van der Waals surface area contributed by atoms with Gasteiger partial charge in [-0.2, -0.15) is 18.4 Å². The lowest BCUT2D eigenvalue weighted by Gasteiger charge is -2.34. The van der Waals surface area contributed by atoms with Crippen molar-refractivity contribution in [1.29, 1.82) is 5.26 Å². The first-order valence-electron chi connectivity index (χ1n) is 8.26. The molecule has 0 radical (unpaired) electrons. The van der Waals surface area contributed by atoms with Crippen LogP contribution in [0.2, 0.25) is 0 Å². The molecule has 1 aliphatic heterocycles. The highest BCUT2D eigenvalue weighted by Crippen LogP contribution is 2.32. The Kier molecular flexibility index (Phi) is 4.98. The van der Waals surface area contributed by atoms with Gasteiger partial charge in [0, 0.05) is 24.7 Å². The third-order valence-electron chi connectivity index (χ3n) is 4.44. The highest BCUT2D eigenvalue weighted by molar-refractivity contribution is 5.94. The predicted octanol–water partition coefficient (Wildman–Crippen LogP) is 3.00. The van der Waals surface area contributed by atoms with Crippen LogP contribution in [0.3, 0.4) is 0 Å². The lowest BCUT2D eigenvalue weighted by Crippen LogP contribution is -2.45. The summed E-state index contributed by atoms with van der Waals surface area (Å²) in [4.78, 5) is 18.3. The second-order valence-corrected chi connectivity index (χ2v) is 6.27. The first-order valence-corrected chi connectivity index (χ1v) is 8.26. The zero-order valence-electron chi connectivity index (χ0n) is 13.9. The van der Waals surface area contributed by atoms with E-state index in [1.165, 1.54) is 6.20 Å². The Hall–Kier alpha value is -2.82. The Morgan fingerprint density at radius 2 is 2.15 bits per heavy atom. The van der Waals surface area contributed by atoms with Crippen LogP contribution in [0, 0.1) is 17.2 Å². The maximum Gasteiger partial charge on any atom is 0.405 e. The van der Waals surface area contributed by atoms with E-state index >= 15 is 0 Å². The minimum Gasteiger partial charge on any atom is -0.369 e. The molecule has 1 aromatic heterocycles. The molecule has 1 N–H and O–H groups in total. The smallest absolute Gasteiger partial charge is 0.369 e. The molecule has 2 heterocycles. The van der Waals surface area contributed by atoms with Crippen molar-refractivity contribution < 1.29 is 18.0 Å². The van der Waals surface area contributed by atoms with E-state index in [1.54, 1.807) is 0 Å². The van der Waals surface area contributed by atoms with Crippen LogP contribution in [-0.2, 0) is 4.79 Å². The van der Waals surface area contributed by atoms with Crippen LogP contribution < -0.4 is 10.2 Å². The number of carbonyl (C=O) groups is 1. The van der Waals surface area contributed by atoms with E-state index in [1.807, 2.05) is 34.5 Å². The van der Waals surface area contributed by atoms with Crippen molar-refractivity contribution in [3.05, 3.63) is 36.0 Å². The maximum atomic E-state index is 12.3. The van der Waals surface area contributed by atoms with Gasteiger partial charge < -0.3 is 10.2 Å². The topological polar surface area (TPSA) is 69.0 Å². The molecule has 0 spiro atoms. The molecule has 26 heavy (non-hydrogen) atoms. The molecule has 8 heteroatoms. The summed E-state index contributed by atoms with van der Waals surface area (Å²) in [6.07, 6.45) is -1.76. The number of piperidine rings is 1. The lowest BCUT2D eigenvalue weighted by atomic mass is 9.95. The van der Waals surface area contributed by atoms with Gasteiger partial charge in [-0.15, -0.1) is 0 Å². The zero-order valence-corrected chi connectivity index (χ0v) is 13.9. The van der Waals surface area contributed by atoms with Crippen molar-refractivity contribution in [2.75, 3.05) is 24.5 Å². The van der Waals surface area contributed by atoms with Crippen molar-refractivity contribution in [2.24, 2.45) is 5.92 Å². The molecule has 1 amide bonds. The number of fused-ring (bicyclic) bond motifs is 1. The molecule has 1 aromatic carbocycles. The number of alkyl halides is 3. The largest absolute Gasteiger partial charge is 0.405 e. The van der Waals surface area contributed by atoms with Gasteiger partial charge >= 0.3 is 6.18 Å². The van der Waals surface area contributed by atoms with Gasteiger partial charge in [0.2, 0.25) is 5.91 Å². The Labute approximate surface area is 148 Å². The number of rotatable bonds is 3. The van der Waals surface area contributed by atoms with Gasteiger partial charge in [0.05, 0.1) is 22.7 Å². The zero-order chi connectivity index (χ0) is 18.7. The molecule has 5 nitrogen and oxygen atoms in total. The van der Waals surface area contributed by atoms with E-state index in [4.69, 9.17) is 0 Å². The SMILES string of the molecule is N#Cc1cnc2ccccc2c1N1CCCC(C(=O)NCC(F)(F)F)C1. The number of halogens is 3. The summed E-state index contributed by atoms with van der Waals surface area (Å²) in [5.41, 5.74) is 1.80. The standard InChI is InChI=1S/C18H17F3N4O/c19-18(20,21)11-24-17(26)12-4-3-7-25(10-12)16-13(8-22)9-23-15-6-2-1-5-14(15)16/h1-2,5-6,9,12H,3-4,7,10-11H2,(H,24,26). The molecule has 0 aliphatic carbocycles. The van der Waals surface area contributed by atoms with Crippen LogP contribution in [0.5, 0.6) is 0 Å². The number of amides is 1. The molecular weight excluding hydrogens is 345 g/mol. The summed E-state index contributed by atoms with van der Waals surface area (Å²) in [5.74, 6) is -1.16. The number of hydrogen-bond donors (Lipinski definition) is 1. The third-order valence-corrected chi connectivity index (χ3v) is 4.44. The summed E-state index contributed by atoms with van der Waals surface area (Å²) in [7, 11) is 0. The molecule has 1 atom stereocenters. The summed E-state index contributed by atoms with van der Waals surface area (Å²) >= 11 is 0. The monoisotopic (exact) mass is 362 g/mol. The first kappa shape index (κ1) is 18.0. The van der Waals surface area contributed by atoms with E-state index in [-0.39, 0.29) is 6.54 Å². The highest BCUT2D eigenvalue weighted by Gasteiger charge is 2.32. The number of hydrogen-bond acceptors (Lipinski definition) is 4. The average molecular weight is 362 g/mol. The molecule has 1 unspecified atom stereocenters. The van der Waals surface area contributed by atoms with Crippen LogP contribution in [0.4, 0.5) is 18.9 Å². The second-order valence-electron chi connectivity index (χ2n) is 6.27. The number of aromatic nitrogens is 1. The molecule has 3 rings (SSSR count). The van der Waals surface area contributed by atoms with E-state index < -0.39 is 24.5 Å². The van der Waals surface area contributed by atoms with Crippen molar-refractivity contribution >= 4 is 22.5 Å². The van der Waals surface area contributed by atoms with Gasteiger partial charge in [-0.1, -0.05) is 18.2 Å². The number of nitrogens with one attached hydrogen (secondary N) is 1. The summed E-state index contributed by atoms with van der Waals surface area (Å²) in [6, 6.07) is 9.49. The minimum absolute atomic E-state index is 0.270. The average Bonchev–Trinajstić information content (AvgIpc) is 2.64. The van der Waals surface area contributed by atoms with Crippen molar-refractivity contribution in [3.63, 3.8) is 0 Å². The molecule has 136 valence electrons. The lowest BCUT2D eigenvalue weighted by molar-refractivity contribution is -0.140. The van der Waals surface area contributed by atoms with Gasteiger partial charge in [-0.05, 0) is 18.9 Å². The van der Waals surface area contributed by atoms with Gasteiger partial charge in [-0.3, -0.25) is 9.78 Å². The number of pyridine rings is 1. The molecular formula is C18H17F3N4O. The second kappa shape index (κ2) is 7.20. The molecule has 1 saturated heterocycles. The Morgan fingerprint density at radius 3 is 2.88 bits per heavy atom. The maximum absolute atomic E-state index is 12.3. The van der Waals surface area contributed by atoms with Crippen LogP contribution in [-0.4, -0.2) is 36.7 Å². The molecule has 0 saturated carbocycles. The fraction of sp³-hybridized carbons (Fsp3) is 0.389. The van der Waals surface area contributed by atoms with Crippen LogP contribution in [0.15, 0.2) is 30.5 Å². The fourth-order valence-electron chi connectivity index (χ4n) is 3.28. The van der Waals surface area contributed by atoms with E-state index in [2.05, 4.69) is 11.1 Å². The third kappa shape index (κ3) is 3.87. The number of benzene rings is 1. The quantitative estimate of drug-likeness (QED) is 0.911. The Morgan fingerprint density at radius 1 is 1.38 bits per heavy atom. The van der Waals surface area contributed by atoms with Crippen molar-refractivity contribution in [2.45, 2.75) is 19.0 Å². The van der Waals surface area contributed by atoms with E-state index in [0.29, 0.717) is 30.6 Å². The molecule has 1 aliphatic rings. The van der Waals surface area contributed by atoms with E-state index in [0.717, 1.165) is 10.9 Å². The number of nitriles is 1. The van der Waals surface area contributed by atoms with E-state index in [9.17, 15) is 23.2 Å². The number of carbonyl (C=O) groups excluding carboxylic acids is 1. The molecule has 1 fully saturated rings.